The van der Waals surface area contributed by atoms with Gasteiger partial charge in [0, 0.05) is 13.1 Å². The van der Waals surface area contributed by atoms with E-state index in [1.807, 2.05) is 0 Å². The van der Waals surface area contributed by atoms with Crippen molar-refractivity contribution in [3.8, 4) is 0 Å². The molecule has 1 N–H and O–H groups in total. The van der Waals surface area contributed by atoms with E-state index in [1.54, 1.807) is 6.07 Å². The van der Waals surface area contributed by atoms with Crippen LogP contribution in [0, 0.1) is 0 Å². The minimum atomic E-state index is -3.48. The van der Waals surface area contributed by atoms with Gasteiger partial charge in [-0.2, -0.15) is 8.78 Å². The molecule has 1 unspecified atom stereocenters. The molecule has 23 heavy (non-hydrogen) atoms. The molecule has 1 aliphatic rings. The van der Waals surface area contributed by atoms with Crippen molar-refractivity contribution >= 4 is 5.69 Å². The lowest BCUT2D eigenvalue weighted by molar-refractivity contribution is -0.124. The lowest BCUT2D eigenvalue weighted by Crippen LogP contribution is -2.36. The quantitative estimate of drug-likeness (QED) is 0.890. The number of nitrogens with zero attached hydrogens (tertiary/aromatic N) is 6. The summed E-state index contributed by atoms with van der Waals surface area (Å²) < 4.78 is 29.7. The van der Waals surface area contributed by atoms with Gasteiger partial charge in [0.2, 0.25) is 0 Å². The Morgan fingerprint density at radius 2 is 2.00 bits per heavy atom. The average Bonchev–Trinajstić information content (AvgIpc) is 3.09. The minimum absolute atomic E-state index is 0.407. The number of pyridine rings is 1. The molecule has 1 aliphatic heterocycles. The van der Waals surface area contributed by atoms with Crippen molar-refractivity contribution in [2.75, 3.05) is 18.0 Å². The second kappa shape index (κ2) is 6.53. The highest BCUT2D eigenvalue weighted by atomic mass is 19.3. The number of rotatable bonds is 5. The minimum Gasteiger partial charge on any atom is -0.384 e. The molecule has 7 nitrogen and oxygen atoms in total. The first kappa shape index (κ1) is 15.7. The molecule has 1 saturated heterocycles. The number of alkyl halides is 2. The Bertz CT molecular complexity index is 613. The molecule has 0 aromatic carbocycles. The maximum atomic E-state index is 14.3. The lowest BCUT2D eigenvalue weighted by Gasteiger charge is -2.29. The van der Waals surface area contributed by atoms with Crippen LogP contribution in [0.2, 0.25) is 0 Å². The van der Waals surface area contributed by atoms with Crippen LogP contribution < -0.4 is 4.90 Å². The summed E-state index contributed by atoms with van der Waals surface area (Å²) in [5.74, 6) is -3.48. The van der Waals surface area contributed by atoms with Crippen LogP contribution in [0.5, 0.6) is 0 Å². The van der Waals surface area contributed by atoms with Gasteiger partial charge in [0.05, 0.1) is 18.4 Å². The van der Waals surface area contributed by atoms with E-state index in [2.05, 4.69) is 25.4 Å². The maximum absolute atomic E-state index is 14.3. The normalized spacial score (nSPS) is 17.3. The summed E-state index contributed by atoms with van der Waals surface area (Å²) in [6.45, 7) is 1.42. The summed E-state index contributed by atoms with van der Waals surface area (Å²) >= 11 is 0. The molecule has 9 heteroatoms. The second-order valence-corrected chi connectivity index (χ2v) is 5.62. The van der Waals surface area contributed by atoms with Crippen molar-refractivity contribution in [2.24, 2.45) is 0 Å². The molecule has 0 bridgehead atoms. The number of halogens is 2. The summed E-state index contributed by atoms with van der Waals surface area (Å²) in [4.78, 5) is 6.00. The molecule has 0 amide bonds. The number of hydrogen-bond donors (Lipinski definition) is 1. The monoisotopic (exact) mass is 324 g/mol. The molecule has 3 heterocycles. The predicted octanol–water partition coefficient (Wildman–Crippen LogP) is 1.21. The zero-order valence-electron chi connectivity index (χ0n) is 12.5. The molecule has 0 spiro atoms. The molecule has 2 aromatic heterocycles. The summed E-state index contributed by atoms with van der Waals surface area (Å²) in [6.07, 6.45) is 4.05. The number of anilines is 1. The highest BCUT2D eigenvalue weighted by Gasteiger charge is 2.42. The Labute approximate surface area is 131 Å². The third-order valence-electron chi connectivity index (χ3n) is 3.98. The summed E-state index contributed by atoms with van der Waals surface area (Å²) in [6, 6.07) is 2.90. The summed E-state index contributed by atoms with van der Waals surface area (Å²) in [5, 5.41) is 20.0. The van der Waals surface area contributed by atoms with Crippen molar-refractivity contribution in [1.82, 2.24) is 25.2 Å². The van der Waals surface area contributed by atoms with Gasteiger partial charge in [-0.3, -0.25) is 4.98 Å². The average molecular weight is 324 g/mol. The Hall–Kier alpha value is -2.16. The van der Waals surface area contributed by atoms with Crippen molar-refractivity contribution in [3.05, 3.63) is 30.4 Å². The van der Waals surface area contributed by atoms with Gasteiger partial charge in [-0.05, 0) is 41.8 Å². The van der Waals surface area contributed by atoms with Gasteiger partial charge in [0.1, 0.15) is 18.1 Å². The number of tetrazole rings is 1. The fraction of sp³-hybridized carbons (Fsp3) is 0.571. The Kier molecular flexibility index (Phi) is 4.46. The van der Waals surface area contributed by atoms with Gasteiger partial charge in [-0.25, -0.2) is 4.68 Å². The maximum Gasteiger partial charge on any atom is 0.316 e. The van der Waals surface area contributed by atoms with Crippen LogP contribution in [0.1, 0.15) is 25.0 Å². The third-order valence-corrected chi connectivity index (χ3v) is 3.98. The number of hydrogen-bond acceptors (Lipinski definition) is 6. The van der Waals surface area contributed by atoms with E-state index in [0.717, 1.165) is 36.3 Å². The zero-order valence-corrected chi connectivity index (χ0v) is 12.5. The smallest absolute Gasteiger partial charge is 0.316 e. The van der Waals surface area contributed by atoms with Crippen LogP contribution in [-0.4, -0.2) is 49.5 Å². The first-order valence-corrected chi connectivity index (χ1v) is 7.55. The van der Waals surface area contributed by atoms with Crippen LogP contribution in [0.15, 0.2) is 24.7 Å². The molecule has 0 radical (unpaired) electrons. The van der Waals surface area contributed by atoms with E-state index in [4.69, 9.17) is 0 Å². The molecule has 0 saturated carbocycles. The first-order chi connectivity index (χ1) is 11.1. The van der Waals surface area contributed by atoms with Crippen LogP contribution in [0.3, 0.4) is 0 Å². The van der Waals surface area contributed by atoms with E-state index in [0.29, 0.717) is 0 Å². The van der Waals surface area contributed by atoms with E-state index in [-0.39, 0.29) is 0 Å². The summed E-state index contributed by atoms with van der Waals surface area (Å²) in [5.41, 5.74) is 0.373. The molecular weight excluding hydrogens is 306 g/mol. The second-order valence-electron chi connectivity index (χ2n) is 5.62. The number of piperidine rings is 1. The van der Waals surface area contributed by atoms with Gasteiger partial charge < -0.3 is 10.0 Å². The Morgan fingerprint density at radius 3 is 2.61 bits per heavy atom. The van der Waals surface area contributed by atoms with Gasteiger partial charge in [-0.15, -0.1) is 5.10 Å². The van der Waals surface area contributed by atoms with E-state index < -0.39 is 24.3 Å². The highest BCUT2D eigenvalue weighted by molar-refractivity contribution is 5.45. The first-order valence-electron chi connectivity index (χ1n) is 7.55. The van der Waals surface area contributed by atoms with Gasteiger partial charge in [0.25, 0.3) is 0 Å². The van der Waals surface area contributed by atoms with Crippen LogP contribution in [0.4, 0.5) is 14.5 Å². The largest absolute Gasteiger partial charge is 0.384 e. The van der Waals surface area contributed by atoms with Crippen molar-refractivity contribution in [2.45, 2.75) is 37.8 Å². The molecule has 1 fully saturated rings. The third kappa shape index (κ3) is 3.44. The van der Waals surface area contributed by atoms with Crippen molar-refractivity contribution < 1.29 is 13.9 Å². The topological polar surface area (TPSA) is 80.0 Å². The summed E-state index contributed by atoms with van der Waals surface area (Å²) in [7, 11) is 0. The molecule has 2 aromatic rings. The van der Waals surface area contributed by atoms with E-state index in [9.17, 15) is 13.9 Å². The van der Waals surface area contributed by atoms with Crippen molar-refractivity contribution in [1.29, 1.82) is 0 Å². The fourth-order valence-electron chi connectivity index (χ4n) is 2.65. The standard InChI is InChI=1S/C14H18F2N6O/c15-14(16,13(23)9-22-10-18-19-20-22)12-5-4-11(8-17-12)21-6-2-1-3-7-21/h4-5,8,10,13,23H,1-3,6-7,9H2. The zero-order chi connectivity index (χ0) is 16.3. The number of aromatic nitrogens is 5. The predicted molar refractivity (Wildman–Crippen MR) is 78.0 cm³/mol. The Balaban J connectivity index is 1.71. The van der Waals surface area contributed by atoms with Crippen LogP contribution >= 0.6 is 0 Å². The SMILES string of the molecule is OC(Cn1cnnn1)C(F)(F)c1ccc(N2CCCCC2)cn1. The van der Waals surface area contributed by atoms with E-state index >= 15 is 0 Å². The van der Waals surface area contributed by atoms with Gasteiger partial charge in [-0.1, -0.05) is 0 Å². The molecule has 1 atom stereocenters. The molecule has 0 aliphatic carbocycles. The molecular formula is C14H18F2N6O. The van der Waals surface area contributed by atoms with Gasteiger partial charge >= 0.3 is 5.92 Å². The highest BCUT2D eigenvalue weighted by Crippen LogP contribution is 2.32. The van der Waals surface area contributed by atoms with Gasteiger partial charge in [0.15, 0.2) is 0 Å². The number of aliphatic hydroxyl groups is 1. The van der Waals surface area contributed by atoms with Crippen LogP contribution in [0.25, 0.3) is 0 Å². The van der Waals surface area contributed by atoms with Crippen molar-refractivity contribution in [3.63, 3.8) is 0 Å². The number of aliphatic hydroxyl groups excluding tert-OH is 1. The van der Waals surface area contributed by atoms with Crippen LogP contribution in [-0.2, 0) is 12.5 Å². The fourth-order valence-corrected chi connectivity index (χ4v) is 2.65. The van der Waals surface area contributed by atoms with E-state index in [1.165, 1.54) is 25.0 Å². The lowest BCUT2D eigenvalue weighted by atomic mass is 10.1. The molecule has 124 valence electrons. The Morgan fingerprint density at radius 1 is 1.22 bits per heavy atom. The molecule has 3 rings (SSSR count).